The van der Waals surface area contributed by atoms with Gasteiger partial charge in [-0.1, -0.05) is 25.1 Å². The Kier molecular flexibility index (Phi) is 5.29. The average Bonchev–Trinajstić information content (AvgIpc) is 2.35. The molecule has 0 radical (unpaired) electrons. The lowest BCUT2D eigenvalue weighted by Crippen LogP contribution is -2.24. The van der Waals surface area contributed by atoms with Gasteiger partial charge in [0.15, 0.2) is 0 Å². The van der Waals surface area contributed by atoms with Crippen molar-refractivity contribution in [3.05, 3.63) is 29.8 Å². The van der Waals surface area contributed by atoms with Gasteiger partial charge in [-0.15, -0.1) is 0 Å². The number of likely N-dealkylation sites (N-methyl/N-ethyl adjacent to an activating group) is 1. The van der Waals surface area contributed by atoms with Crippen LogP contribution in [0.4, 0.5) is 5.69 Å². The van der Waals surface area contributed by atoms with Crippen LogP contribution >= 0.6 is 0 Å². The SMILES string of the molecule is CCC(N)c1ccccc1N(C)CCOC. The highest BCUT2D eigenvalue weighted by Gasteiger charge is 2.11. The number of nitrogens with zero attached hydrogens (tertiary/aromatic N) is 1. The van der Waals surface area contributed by atoms with Crippen molar-refractivity contribution in [2.75, 3.05) is 32.2 Å². The third kappa shape index (κ3) is 3.22. The fourth-order valence-corrected chi connectivity index (χ4v) is 1.72. The van der Waals surface area contributed by atoms with E-state index in [-0.39, 0.29) is 6.04 Å². The zero-order valence-electron chi connectivity index (χ0n) is 10.4. The fourth-order valence-electron chi connectivity index (χ4n) is 1.72. The van der Waals surface area contributed by atoms with Crippen molar-refractivity contribution in [1.29, 1.82) is 0 Å². The molecule has 0 saturated heterocycles. The van der Waals surface area contributed by atoms with Gasteiger partial charge in [0.25, 0.3) is 0 Å². The molecule has 1 atom stereocenters. The summed E-state index contributed by atoms with van der Waals surface area (Å²) < 4.78 is 5.09. The maximum Gasteiger partial charge on any atom is 0.0637 e. The van der Waals surface area contributed by atoms with Crippen LogP contribution in [0.3, 0.4) is 0 Å². The van der Waals surface area contributed by atoms with Crippen molar-refractivity contribution in [3.63, 3.8) is 0 Å². The topological polar surface area (TPSA) is 38.5 Å². The minimum Gasteiger partial charge on any atom is -0.383 e. The molecule has 0 heterocycles. The lowest BCUT2D eigenvalue weighted by molar-refractivity contribution is 0.206. The first kappa shape index (κ1) is 13.0. The summed E-state index contributed by atoms with van der Waals surface area (Å²) in [7, 11) is 3.79. The molecule has 0 spiro atoms. The molecule has 0 bridgehead atoms. The van der Waals surface area contributed by atoms with E-state index in [0.29, 0.717) is 0 Å². The van der Waals surface area contributed by atoms with Crippen molar-refractivity contribution in [3.8, 4) is 0 Å². The Labute approximate surface area is 98.2 Å². The van der Waals surface area contributed by atoms with Gasteiger partial charge in [0.05, 0.1) is 6.61 Å². The van der Waals surface area contributed by atoms with Gasteiger partial charge in [-0.2, -0.15) is 0 Å². The van der Waals surface area contributed by atoms with E-state index in [1.165, 1.54) is 11.3 Å². The predicted octanol–water partition coefficient (Wildman–Crippen LogP) is 2.18. The Balaban J connectivity index is 2.85. The van der Waals surface area contributed by atoms with Gasteiger partial charge in [-0.3, -0.25) is 0 Å². The highest BCUT2D eigenvalue weighted by molar-refractivity contribution is 5.54. The molecule has 0 aromatic heterocycles. The Hall–Kier alpha value is -1.06. The molecule has 0 fully saturated rings. The number of anilines is 1. The normalized spacial score (nSPS) is 12.5. The summed E-state index contributed by atoms with van der Waals surface area (Å²) in [4.78, 5) is 2.19. The molecule has 0 amide bonds. The van der Waals surface area contributed by atoms with Gasteiger partial charge in [0, 0.05) is 32.4 Å². The van der Waals surface area contributed by atoms with Crippen molar-refractivity contribution >= 4 is 5.69 Å². The van der Waals surface area contributed by atoms with Crippen LogP contribution in [0.15, 0.2) is 24.3 Å². The van der Waals surface area contributed by atoms with E-state index in [1.807, 2.05) is 12.1 Å². The van der Waals surface area contributed by atoms with Crippen LogP contribution in [0, 0.1) is 0 Å². The molecule has 1 aromatic rings. The summed E-state index contributed by atoms with van der Waals surface area (Å²) in [5.41, 5.74) is 8.52. The maximum atomic E-state index is 6.10. The van der Waals surface area contributed by atoms with Gasteiger partial charge in [-0.05, 0) is 18.1 Å². The number of ether oxygens (including phenoxy) is 1. The van der Waals surface area contributed by atoms with Gasteiger partial charge in [-0.25, -0.2) is 0 Å². The fraction of sp³-hybridized carbons (Fsp3) is 0.538. The third-order valence-corrected chi connectivity index (χ3v) is 2.82. The molecule has 2 N–H and O–H groups in total. The average molecular weight is 222 g/mol. The second-order valence-electron chi connectivity index (χ2n) is 3.99. The first-order valence-corrected chi connectivity index (χ1v) is 5.75. The van der Waals surface area contributed by atoms with E-state index < -0.39 is 0 Å². The zero-order chi connectivity index (χ0) is 12.0. The van der Waals surface area contributed by atoms with Gasteiger partial charge < -0.3 is 15.4 Å². The minimum atomic E-state index is 0.112. The number of hydrogen-bond donors (Lipinski definition) is 1. The molecule has 3 heteroatoms. The van der Waals surface area contributed by atoms with Crippen molar-refractivity contribution in [1.82, 2.24) is 0 Å². The molecular weight excluding hydrogens is 200 g/mol. The Bertz CT molecular complexity index is 315. The Morgan fingerprint density at radius 3 is 2.69 bits per heavy atom. The van der Waals surface area contributed by atoms with Crippen LogP contribution in [-0.2, 0) is 4.74 Å². The molecule has 90 valence electrons. The van der Waals surface area contributed by atoms with Crippen LogP contribution in [0.2, 0.25) is 0 Å². The molecule has 1 rings (SSSR count). The summed E-state index contributed by atoms with van der Waals surface area (Å²) in [6.45, 7) is 3.72. The van der Waals surface area contributed by atoms with Crippen molar-refractivity contribution in [2.24, 2.45) is 5.73 Å². The Morgan fingerprint density at radius 2 is 2.06 bits per heavy atom. The first-order valence-electron chi connectivity index (χ1n) is 5.75. The predicted molar refractivity (Wildman–Crippen MR) is 68.8 cm³/mol. The van der Waals surface area contributed by atoms with E-state index in [0.717, 1.165) is 19.6 Å². The molecular formula is C13H22N2O. The van der Waals surface area contributed by atoms with E-state index in [2.05, 4.69) is 31.0 Å². The molecule has 0 saturated carbocycles. The second kappa shape index (κ2) is 6.51. The van der Waals surface area contributed by atoms with Crippen LogP contribution in [0.25, 0.3) is 0 Å². The summed E-state index contributed by atoms with van der Waals surface area (Å²) >= 11 is 0. The molecule has 16 heavy (non-hydrogen) atoms. The lowest BCUT2D eigenvalue weighted by atomic mass is 10.0. The number of hydrogen-bond acceptors (Lipinski definition) is 3. The smallest absolute Gasteiger partial charge is 0.0637 e. The monoisotopic (exact) mass is 222 g/mol. The van der Waals surface area contributed by atoms with Crippen LogP contribution < -0.4 is 10.6 Å². The molecule has 1 unspecified atom stereocenters. The molecule has 0 aliphatic heterocycles. The maximum absolute atomic E-state index is 6.10. The Morgan fingerprint density at radius 1 is 1.38 bits per heavy atom. The lowest BCUT2D eigenvalue weighted by Gasteiger charge is -2.24. The largest absolute Gasteiger partial charge is 0.383 e. The molecule has 1 aromatic carbocycles. The first-order chi connectivity index (χ1) is 7.70. The number of nitrogens with two attached hydrogens (primary N) is 1. The summed E-state index contributed by atoms with van der Waals surface area (Å²) in [5.74, 6) is 0. The summed E-state index contributed by atoms with van der Waals surface area (Å²) in [6, 6.07) is 8.41. The molecule has 0 aliphatic rings. The van der Waals surface area contributed by atoms with Gasteiger partial charge >= 0.3 is 0 Å². The summed E-state index contributed by atoms with van der Waals surface area (Å²) in [5, 5.41) is 0. The van der Waals surface area contributed by atoms with Gasteiger partial charge in [0.1, 0.15) is 0 Å². The molecule has 3 nitrogen and oxygen atoms in total. The summed E-state index contributed by atoms with van der Waals surface area (Å²) in [6.07, 6.45) is 0.954. The quantitative estimate of drug-likeness (QED) is 0.801. The van der Waals surface area contributed by atoms with Crippen molar-refractivity contribution < 1.29 is 4.74 Å². The van der Waals surface area contributed by atoms with E-state index in [9.17, 15) is 0 Å². The molecule has 0 aliphatic carbocycles. The van der Waals surface area contributed by atoms with Crippen molar-refractivity contribution in [2.45, 2.75) is 19.4 Å². The van der Waals surface area contributed by atoms with E-state index in [1.54, 1.807) is 7.11 Å². The van der Waals surface area contributed by atoms with Crippen LogP contribution in [0.1, 0.15) is 24.9 Å². The number of rotatable bonds is 6. The van der Waals surface area contributed by atoms with Crippen LogP contribution in [-0.4, -0.2) is 27.3 Å². The number of methoxy groups -OCH3 is 1. The highest BCUT2D eigenvalue weighted by atomic mass is 16.5. The minimum absolute atomic E-state index is 0.112. The van der Waals surface area contributed by atoms with E-state index >= 15 is 0 Å². The van der Waals surface area contributed by atoms with Gasteiger partial charge in [0.2, 0.25) is 0 Å². The number of benzene rings is 1. The van der Waals surface area contributed by atoms with E-state index in [4.69, 9.17) is 10.5 Å². The standard InChI is InChI=1S/C13H22N2O/c1-4-12(14)11-7-5-6-8-13(11)15(2)9-10-16-3/h5-8,12H,4,9-10,14H2,1-3H3. The van der Waals surface area contributed by atoms with Crippen LogP contribution in [0.5, 0.6) is 0 Å². The highest BCUT2D eigenvalue weighted by Crippen LogP contribution is 2.25. The third-order valence-electron chi connectivity index (χ3n) is 2.82. The zero-order valence-corrected chi connectivity index (χ0v) is 10.4. The second-order valence-corrected chi connectivity index (χ2v) is 3.99. The number of para-hydroxylation sites is 1.